The van der Waals surface area contributed by atoms with Crippen molar-refractivity contribution in [3.05, 3.63) is 64.5 Å². The number of nitrogens with zero attached hydrogens (tertiary/aromatic N) is 3. The molecular formula is C20H19F6N5S. The van der Waals surface area contributed by atoms with E-state index in [0.29, 0.717) is 0 Å². The first-order chi connectivity index (χ1) is 15.1. The van der Waals surface area contributed by atoms with Crippen molar-refractivity contribution in [3.8, 4) is 0 Å². The van der Waals surface area contributed by atoms with Crippen LogP contribution in [-0.4, -0.2) is 42.4 Å². The van der Waals surface area contributed by atoms with Crippen molar-refractivity contribution in [1.29, 1.82) is 0 Å². The first kappa shape index (κ1) is 23.8. The Balaban J connectivity index is 1.69. The fourth-order valence-electron chi connectivity index (χ4n) is 3.41. The van der Waals surface area contributed by atoms with E-state index in [0.717, 1.165) is 36.5 Å². The number of anilines is 1. The Bertz CT molecular complexity index is 1020. The number of alkyl halides is 3. The predicted octanol–water partition coefficient (Wildman–Crippen LogP) is 3.61. The summed E-state index contributed by atoms with van der Waals surface area (Å²) in [6.07, 6.45) is -3.64. The van der Waals surface area contributed by atoms with E-state index in [1.165, 1.54) is 0 Å². The van der Waals surface area contributed by atoms with Crippen LogP contribution in [0.2, 0.25) is 0 Å². The Morgan fingerprint density at radius 3 is 2.38 bits per heavy atom. The lowest BCUT2D eigenvalue weighted by atomic mass is 10.1. The van der Waals surface area contributed by atoms with Gasteiger partial charge in [0.2, 0.25) is 0 Å². The fourth-order valence-corrected chi connectivity index (χ4v) is 3.47. The van der Waals surface area contributed by atoms with Gasteiger partial charge in [-0.2, -0.15) is 18.3 Å². The summed E-state index contributed by atoms with van der Waals surface area (Å²) in [5, 5.41) is 3.46. The van der Waals surface area contributed by atoms with Crippen molar-refractivity contribution in [1.82, 2.24) is 10.3 Å². The van der Waals surface area contributed by atoms with Gasteiger partial charge in [-0.3, -0.25) is 10.3 Å². The van der Waals surface area contributed by atoms with Crippen LogP contribution in [0, 0.1) is 17.5 Å². The Morgan fingerprint density at radius 1 is 1.06 bits per heavy atom. The summed E-state index contributed by atoms with van der Waals surface area (Å²) >= 11 is 4.56. The van der Waals surface area contributed by atoms with E-state index in [1.807, 2.05) is 0 Å². The predicted molar refractivity (Wildman–Crippen MR) is 113 cm³/mol. The number of piperazine rings is 1. The van der Waals surface area contributed by atoms with E-state index in [4.69, 9.17) is 5.73 Å². The first-order valence-corrected chi connectivity index (χ1v) is 9.86. The molecule has 0 saturated carbocycles. The summed E-state index contributed by atoms with van der Waals surface area (Å²) in [7, 11) is 0. The SMILES string of the molecule is NC(=S)NN=Cc1cc(F)c(N2CCN(Cc3c(F)cccc3C(F)(F)F)CC2)cc1F. The van der Waals surface area contributed by atoms with Crippen molar-refractivity contribution in [2.24, 2.45) is 10.8 Å². The highest BCUT2D eigenvalue weighted by molar-refractivity contribution is 7.80. The quantitative estimate of drug-likeness (QED) is 0.300. The molecule has 0 unspecified atom stereocenters. The Kier molecular flexibility index (Phi) is 7.24. The molecule has 3 N–H and O–H groups in total. The van der Waals surface area contributed by atoms with Gasteiger partial charge in [0.05, 0.1) is 17.5 Å². The van der Waals surface area contributed by atoms with Crippen molar-refractivity contribution >= 4 is 29.2 Å². The highest BCUT2D eigenvalue weighted by Gasteiger charge is 2.35. The second kappa shape index (κ2) is 9.74. The van der Waals surface area contributed by atoms with E-state index >= 15 is 0 Å². The fraction of sp³-hybridized carbons (Fsp3) is 0.300. The van der Waals surface area contributed by atoms with E-state index in [-0.39, 0.29) is 49.1 Å². The molecule has 2 aromatic rings. The number of hydrogen-bond donors (Lipinski definition) is 2. The van der Waals surface area contributed by atoms with Gasteiger partial charge in [-0.25, -0.2) is 13.2 Å². The normalized spacial score (nSPS) is 15.4. The second-order valence-electron chi connectivity index (χ2n) is 7.09. The van der Waals surface area contributed by atoms with Gasteiger partial charge in [-0.1, -0.05) is 6.07 Å². The molecule has 172 valence electrons. The van der Waals surface area contributed by atoms with Crippen molar-refractivity contribution < 1.29 is 26.3 Å². The lowest BCUT2D eigenvalue weighted by Gasteiger charge is -2.36. The molecule has 0 aliphatic carbocycles. The number of rotatable bonds is 5. The lowest BCUT2D eigenvalue weighted by molar-refractivity contribution is -0.138. The Hall–Kier alpha value is -2.86. The Morgan fingerprint density at radius 2 is 1.75 bits per heavy atom. The van der Waals surface area contributed by atoms with Gasteiger partial charge in [-0.05, 0) is 30.4 Å². The largest absolute Gasteiger partial charge is 0.416 e. The van der Waals surface area contributed by atoms with Crippen LogP contribution >= 0.6 is 12.2 Å². The standard InChI is InChI=1S/C20H19F6N5S/c21-15-3-1-2-14(20(24,25)26)13(15)11-30-4-6-31(7-5-30)18-9-16(22)12(8-17(18)23)10-28-29-19(27)32/h1-3,8-10H,4-7,11H2,(H3,27,29,32). The third kappa shape index (κ3) is 5.68. The van der Waals surface area contributed by atoms with Crippen LogP contribution in [0.4, 0.5) is 32.0 Å². The van der Waals surface area contributed by atoms with Crippen LogP contribution in [0.3, 0.4) is 0 Å². The second-order valence-corrected chi connectivity index (χ2v) is 7.53. The summed E-state index contributed by atoms with van der Waals surface area (Å²) in [6, 6.07) is 4.84. The average molecular weight is 475 g/mol. The topological polar surface area (TPSA) is 56.9 Å². The molecule has 0 radical (unpaired) electrons. The maximum absolute atomic E-state index is 14.6. The van der Waals surface area contributed by atoms with Crippen LogP contribution in [-0.2, 0) is 12.7 Å². The molecule has 0 aromatic heterocycles. The zero-order valence-corrected chi connectivity index (χ0v) is 17.4. The maximum Gasteiger partial charge on any atom is 0.416 e. The number of benzene rings is 2. The summed E-state index contributed by atoms with van der Waals surface area (Å²) < 4.78 is 82.6. The van der Waals surface area contributed by atoms with Crippen LogP contribution in [0.25, 0.3) is 0 Å². The first-order valence-electron chi connectivity index (χ1n) is 9.45. The molecule has 0 atom stereocenters. The molecular weight excluding hydrogens is 456 g/mol. The summed E-state index contributed by atoms with van der Waals surface area (Å²) in [5.41, 5.74) is 5.88. The maximum atomic E-state index is 14.6. The average Bonchev–Trinajstić information content (AvgIpc) is 2.71. The van der Waals surface area contributed by atoms with Crippen LogP contribution in [0.15, 0.2) is 35.4 Å². The Labute approximate surface area is 185 Å². The summed E-state index contributed by atoms with van der Waals surface area (Å²) in [4.78, 5) is 3.22. The molecule has 32 heavy (non-hydrogen) atoms. The third-order valence-corrected chi connectivity index (χ3v) is 5.05. The zero-order chi connectivity index (χ0) is 23.5. The molecule has 1 aliphatic rings. The van der Waals surface area contributed by atoms with Crippen molar-refractivity contribution in [3.63, 3.8) is 0 Å². The number of halogens is 6. The molecule has 0 bridgehead atoms. The van der Waals surface area contributed by atoms with Gasteiger partial charge in [0.25, 0.3) is 0 Å². The molecule has 0 spiro atoms. The van der Waals surface area contributed by atoms with E-state index in [2.05, 4.69) is 22.7 Å². The highest BCUT2D eigenvalue weighted by atomic mass is 32.1. The van der Waals surface area contributed by atoms with Crippen LogP contribution < -0.4 is 16.1 Å². The lowest BCUT2D eigenvalue weighted by Crippen LogP contribution is -2.46. The monoisotopic (exact) mass is 475 g/mol. The minimum Gasteiger partial charge on any atom is -0.375 e. The molecule has 1 saturated heterocycles. The highest BCUT2D eigenvalue weighted by Crippen LogP contribution is 2.34. The van der Waals surface area contributed by atoms with Gasteiger partial charge >= 0.3 is 6.18 Å². The number of hydrogen-bond acceptors (Lipinski definition) is 4. The van der Waals surface area contributed by atoms with Crippen LogP contribution in [0.5, 0.6) is 0 Å². The van der Waals surface area contributed by atoms with E-state index in [1.54, 1.807) is 9.80 Å². The summed E-state index contributed by atoms with van der Waals surface area (Å²) in [5.74, 6) is -2.35. The number of hydrazone groups is 1. The number of nitrogens with one attached hydrogen (secondary N) is 1. The number of nitrogens with two attached hydrogens (primary N) is 1. The molecule has 2 aromatic carbocycles. The minimum absolute atomic E-state index is 0.0171. The third-order valence-electron chi connectivity index (χ3n) is 4.96. The van der Waals surface area contributed by atoms with E-state index < -0.39 is 34.8 Å². The molecule has 3 rings (SSSR count). The van der Waals surface area contributed by atoms with E-state index in [9.17, 15) is 26.3 Å². The van der Waals surface area contributed by atoms with Crippen molar-refractivity contribution in [2.75, 3.05) is 31.1 Å². The molecule has 1 aliphatic heterocycles. The van der Waals surface area contributed by atoms with Gasteiger partial charge in [0.1, 0.15) is 17.5 Å². The summed E-state index contributed by atoms with van der Waals surface area (Å²) in [6.45, 7) is 0.699. The molecule has 5 nitrogen and oxygen atoms in total. The number of thiocarbonyl (C=S) groups is 1. The van der Waals surface area contributed by atoms with Crippen molar-refractivity contribution in [2.45, 2.75) is 12.7 Å². The van der Waals surface area contributed by atoms with Gasteiger partial charge in [0, 0.05) is 49.9 Å². The van der Waals surface area contributed by atoms with Gasteiger partial charge < -0.3 is 10.6 Å². The van der Waals surface area contributed by atoms with Crippen LogP contribution in [0.1, 0.15) is 16.7 Å². The molecule has 0 amide bonds. The molecule has 12 heteroatoms. The van der Waals surface area contributed by atoms with Gasteiger partial charge in [0.15, 0.2) is 5.11 Å². The molecule has 1 heterocycles. The smallest absolute Gasteiger partial charge is 0.375 e. The minimum atomic E-state index is -4.67. The zero-order valence-electron chi connectivity index (χ0n) is 16.6. The van der Waals surface area contributed by atoms with Gasteiger partial charge in [-0.15, -0.1) is 0 Å². The molecule has 1 fully saturated rings.